The van der Waals surface area contributed by atoms with Gasteiger partial charge in [0.2, 0.25) is 0 Å². The minimum absolute atomic E-state index is 0.00246. The van der Waals surface area contributed by atoms with Crippen LogP contribution in [0.15, 0.2) is 24.3 Å². The van der Waals surface area contributed by atoms with E-state index in [-0.39, 0.29) is 18.9 Å². The van der Waals surface area contributed by atoms with Crippen LogP contribution in [0, 0.1) is 0 Å². The van der Waals surface area contributed by atoms with Crippen LogP contribution < -0.4 is 5.32 Å². The molecule has 0 fully saturated rings. The smallest absolute Gasteiger partial charge is 0.337 e. The third kappa shape index (κ3) is 4.79. The molecule has 0 aliphatic heterocycles. The Labute approximate surface area is 110 Å². The number of hydrogen-bond acceptors (Lipinski definition) is 4. The van der Waals surface area contributed by atoms with Crippen molar-refractivity contribution in [1.82, 2.24) is 5.32 Å². The van der Waals surface area contributed by atoms with Gasteiger partial charge in [0, 0.05) is 18.5 Å². The van der Waals surface area contributed by atoms with Gasteiger partial charge in [-0.15, -0.1) is 0 Å². The Morgan fingerprint density at radius 3 is 2.58 bits per heavy atom. The molecule has 2 N–H and O–H groups in total. The summed E-state index contributed by atoms with van der Waals surface area (Å²) in [6.45, 7) is 0.271. The highest BCUT2D eigenvalue weighted by molar-refractivity contribution is 5.97. The predicted molar refractivity (Wildman–Crippen MR) is 67.0 cm³/mol. The fourth-order valence-electron chi connectivity index (χ4n) is 1.45. The Morgan fingerprint density at radius 1 is 1.26 bits per heavy atom. The van der Waals surface area contributed by atoms with Gasteiger partial charge in [-0.2, -0.15) is 0 Å². The molecule has 1 aromatic rings. The third-order valence-electron chi connectivity index (χ3n) is 2.40. The van der Waals surface area contributed by atoms with E-state index >= 15 is 0 Å². The van der Waals surface area contributed by atoms with E-state index in [1.807, 2.05) is 0 Å². The first-order chi connectivity index (χ1) is 9.04. The molecule has 102 valence electrons. The molecule has 0 aliphatic carbocycles. The van der Waals surface area contributed by atoms with E-state index in [9.17, 15) is 14.4 Å². The molecule has 1 rings (SSSR count). The van der Waals surface area contributed by atoms with E-state index in [0.29, 0.717) is 17.5 Å². The van der Waals surface area contributed by atoms with E-state index in [1.54, 1.807) is 18.2 Å². The van der Waals surface area contributed by atoms with Crippen LogP contribution in [0.1, 0.15) is 33.6 Å². The maximum Gasteiger partial charge on any atom is 0.337 e. The second-order valence-electron chi connectivity index (χ2n) is 3.83. The minimum atomic E-state index is -0.901. The number of benzene rings is 1. The van der Waals surface area contributed by atoms with Crippen LogP contribution in [0.2, 0.25) is 0 Å². The van der Waals surface area contributed by atoms with Crippen LogP contribution in [0.25, 0.3) is 0 Å². The zero-order valence-electron chi connectivity index (χ0n) is 10.5. The number of carbonyl (C=O) groups excluding carboxylic acids is 2. The van der Waals surface area contributed by atoms with Crippen molar-refractivity contribution in [2.24, 2.45) is 0 Å². The molecule has 0 atom stereocenters. The lowest BCUT2D eigenvalue weighted by molar-refractivity contribution is -0.137. The number of amides is 1. The normalized spacial score (nSPS) is 9.74. The van der Waals surface area contributed by atoms with Crippen molar-refractivity contribution in [3.8, 4) is 0 Å². The largest absolute Gasteiger partial charge is 0.481 e. The third-order valence-corrected chi connectivity index (χ3v) is 2.40. The summed E-state index contributed by atoms with van der Waals surface area (Å²) >= 11 is 0. The number of carboxylic acid groups (broad SMARTS) is 1. The van der Waals surface area contributed by atoms with E-state index in [1.165, 1.54) is 13.2 Å². The molecule has 0 unspecified atom stereocenters. The predicted octanol–water partition coefficient (Wildman–Crippen LogP) is 1.07. The first-order valence-electron chi connectivity index (χ1n) is 5.73. The number of nitrogens with one attached hydrogen (secondary N) is 1. The molecule has 6 nitrogen and oxygen atoms in total. The highest BCUT2D eigenvalue weighted by Crippen LogP contribution is 2.06. The van der Waals surface area contributed by atoms with Gasteiger partial charge in [0.25, 0.3) is 5.91 Å². The van der Waals surface area contributed by atoms with Gasteiger partial charge in [0.15, 0.2) is 0 Å². The quantitative estimate of drug-likeness (QED) is 0.592. The van der Waals surface area contributed by atoms with Crippen LogP contribution in [0.3, 0.4) is 0 Å². The number of ether oxygens (including phenoxy) is 1. The van der Waals surface area contributed by atoms with Crippen molar-refractivity contribution in [3.05, 3.63) is 35.4 Å². The fraction of sp³-hybridized carbons (Fsp3) is 0.308. The summed E-state index contributed by atoms with van der Waals surface area (Å²) in [5, 5.41) is 11.0. The number of aliphatic carboxylic acids is 1. The molecule has 0 heterocycles. The van der Waals surface area contributed by atoms with Crippen LogP contribution in [-0.2, 0) is 9.53 Å². The van der Waals surface area contributed by atoms with Crippen LogP contribution in [0.4, 0.5) is 0 Å². The number of carbonyl (C=O) groups is 3. The number of rotatable bonds is 6. The Hall–Kier alpha value is -2.37. The average Bonchev–Trinajstić information content (AvgIpc) is 2.42. The molecule has 1 aromatic carbocycles. The summed E-state index contributed by atoms with van der Waals surface area (Å²) in [4.78, 5) is 33.3. The fourth-order valence-corrected chi connectivity index (χ4v) is 1.45. The summed E-state index contributed by atoms with van der Waals surface area (Å²) < 4.78 is 4.56. The van der Waals surface area contributed by atoms with Crippen molar-refractivity contribution in [2.75, 3.05) is 13.7 Å². The monoisotopic (exact) mass is 265 g/mol. The molecule has 0 saturated carbocycles. The minimum Gasteiger partial charge on any atom is -0.481 e. The van der Waals surface area contributed by atoms with Crippen molar-refractivity contribution >= 4 is 17.8 Å². The number of methoxy groups -OCH3 is 1. The maximum atomic E-state index is 11.7. The lowest BCUT2D eigenvalue weighted by Gasteiger charge is -2.05. The molecule has 1 amide bonds. The van der Waals surface area contributed by atoms with Crippen LogP contribution in [0.5, 0.6) is 0 Å². The molecule has 6 heteroatoms. The SMILES string of the molecule is COC(=O)c1cccc(C(=O)NCCCC(=O)O)c1. The summed E-state index contributed by atoms with van der Waals surface area (Å²) in [6.07, 6.45) is 0.361. The van der Waals surface area contributed by atoms with Gasteiger partial charge in [-0.25, -0.2) is 4.79 Å². The van der Waals surface area contributed by atoms with Gasteiger partial charge in [0.05, 0.1) is 12.7 Å². The van der Waals surface area contributed by atoms with Gasteiger partial charge < -0.3 is 15.2 Å². The van der Waals surface area contributed by atoms with Crippen LogP contribution in [-0.4, -0.2) is 36.6 Å². The molecular formula is C13H15NO5. The highest BCUT2D eigenvalue weighted by Gasteiger charge is 2.10. The number of hydrogen-bond donors (Lipinski definition) is 2. The van der Waals surface area contributed by atoms with Gasteiger partial charge in [0.1, 0.15) is 0 Å². The second-order valence-corrected chi connectivity index (χ2v) is 3.83. The Morgan fingerprint density at radius 2 is 1.95 bits per heavy atom. The molecule has 0 bridgehead atoms. The van der Waals surface area contributed by atoms with Crippen molar-refractivity contribution in [2.45, 2.75) is 12.8 Å². The van der Waals surface area contributed by atoms with Crippen molar-refractivity contribution in [3.63, 3.8) is 0 Å². The zero-order chi connectivity index (χ0) is 14.3. The van der Waals surface area contributed by atoms with E-state index in [4.69, 9.17) is 5.11 Å². The van der Waals surface area contributed by atoms with Gasteiger partial charge in [-0.3, -0.25) is 9.59 Å². The lowest BCUT2D eigenvalue weighted by atomic mass is 10.1. The molecule has 0 aliphatic rings. The van der Waals surface area contributed by atoms with Gasteiger partial charge >= 0.3 is 11.9 Å². The summed E-state index contributed by atoms with van der Waals surface area (Å²) in [5.74, 6) is -1.77. The molecule has 0 saturated heterocycles. The first-order valence-corrected chi connectivity index (χ1v) is 5.73. The van der Waals surface area contributed by atoms with Crippen LogP contribution >= 0.6 is 0 Å². The van der Waals surface area contributed by atoms with Gasteiger partial charge in [-0.05, 0) is 24.6 Å². The standard InChI is InChI=1S/C13H15NO5/c1-19-13(18)10-5-2-4-9(8-10)12(17)14-7-3-6-11(15)16/h2,4-5,8H,3,6-7H2,1H3,(H,14,17)(H,15,16). The zero-order valence-corrected chi connectivity index (χ0v) is 10.5. The lowest BCUT2D eigenvalue weighted by Crippen LogP contribution is -2.25. The van der Waals surface area contributed by atoms with E-state index in [2.05, 4.69) is 10.1 Å². The van der Waals surface area contributed by atoms with Crippen molar-refractivity contribution in [1.29, 1.82) is 0 Å². The highest BCUT2D eigenvalue weighted by atomic mass is 16.5. The Bertz CT molecular complexity index is 484. The van der Waals surface area contributed by atoms with Crippen molar-refractivity contribution < 1.29 is 24.2 Å². The van der Waals surface area contributed by atoms with E-state index in [0.717, 1.165) is 0 Å². The average molecular weight is 265 g/mol. The molecule has 0 aromatic heterocycles. The Kier molecular flexibility index (Phi) is 5.53. The summed E-state index contributed by atoms with van der Waals surface area (Å²) in [6, 6.07) is 6.13. The molecule has 0 radical (unpaired) electrons. The number of carboxylic acids is 1. The molecular weight excluding hydrogens is 250 g/mol. The Balaban J connectivity index is 2.57. The van der Waals surface area contributed by atoms with E-state index < -0.39 is 11.9 Å². The first kappa shape index (κ1) is 14.7. The molecule has 0 spiro atoms. The topological polar surface area (TPSA) is 92.7 Å². The number of esters is 1. The molecule has 19 heavy (non-hydrogen) atoms. The van der Waals surface area contributed by atoms with Gasteiger partial charge in [-0.1, -0.05) is 6.07 Å². The maximum absolute atomic E-state index is 11.7. The second kappa shape index (κ2) is 7.15. The summed E-state index contributed by atoms with van der Waals surface area (Å²) in [7, 11) is 1.26. The summed E-state index contributed by atoms with van der Waals surface area (Å²) in [5.41, 5.74) is 0.624.